The summed E-state index contributed by atoms with van der Waals surface area (Å²) < 4.78 is 0. The van der Waals surface area contributed by atoms with Crippen LogP contribution in [0.5, 0.6) is 0 Å². The first-order valence-electron chi connectivity index (χ1n) is 9.31. The molecule has 0 bridgehead atoms. The van der Waals surface area contributed by atoms with Gasteiger partial charge >= 0.3 is 0 Å². The predicted molar refractivity (Wildman–Crippen MR) is 119 cm³/mol. The molecule has 1 unspecified atom stereocenters. The van der Waals surface area contributed by atoms with Crippen LogP contribution in [0.25, 0.3) is 0 Å². The van der Waals surface area contributed by atoms with Crippen LogP contribution in [0.15, 0.2) is 71.3 Å². The number of halogens is 1. The maximum Gasteiger partial charge on any atom is 0.0856 e. The molecule has 0 N–H and O–H groups in total. The highest BCUT2D eigenvalue weighted by atomic mass is 35.5. The van der Waals surface area contributed by atoms with Gasteiger partial charge in [-0.2, -0.15) is 0 Å². The summed E-state index contributed by atoms with van der Waals surface area (Å²) in [5.41, 5.74) is 5.18. The van der Waals surface area contributed by atoms with E-state index in [9.17, 15) is 0 Å². The summed E-state index contributed by atoms with van der Waals surface area (Å²) in [5.74, 6) is 0. The minimum Gasteiger partial charge on any atom is -0.354 e. The van der Waals surface area contributed by atoms with Crippen LogP contribution >= 0.6 is 11.6 Å². The van der Waals surface area contributed by atoms with Crippen molar-refractivity contribution in [2.24, 2.45) is 4.99 Å². The number of aryl methyl sites for hydroxylation is 1. The van der Waals surface area contributed by atoms with E-state index in [0.717, 1.165) is 33.9 Å². The van der Waals surface area contributed by atoms with Crippen LogP contribution < -0.4 is 4.90 Å². The SMILES string of the molecule is C=Nc1ccccc1N(C1C=CC(C)=CC1)C(C)(C)c1ccc(C)cc1Cl. The zero-order chi connectivity index (χ0) is 19.6. The van der Waals surface area contributed by atoms with E-state index in [2.05, 4.69) is 86.8 Å². The molecule has 1 atom stereocenters. The molecule has 1 aliphatic rings. The van der Waals surface area contributed by atoms with Gasteiger partial charge in [-0.3, -0.25) is 4.99 Å². The van der Waals surface area contributed by atoms with Gasteiger partial charge in [-0.05, 0) is 70.2 Å². The molecule has 0 amide bonds. The van der Waals surface area contributed by atoms with Crippen LogP contribution in [0.3, 0.4) is 0 Å². The van der Waals surface area contributed by atoms with Crippen molar-refractivity contribution >= 4 is 29.7 Å². The average Bonchev–Trinajstić information content (AvgIpc) is 2.63. The number of allylic oxidation sites excluding steroid dienone is 2. The Labute approximate surface area is 167 Å². The van der Waals surface area contributed by atoms with Gasteiger partial charge in [0.2, 0.25) is 0 Å². The van der Waals surface area contributed by atoms with Gasteiger partial charge in [0.05, 0.1) is 23.0 Å². The molecule has 27 heavy (non-hydrogen) atoms. The Morgan fingerprint density at radius 2 is 1.89 bits per heavy atom. The minimum atomic E-state index is -0.334. The Balaban J connectivity index is 2.17. The highest BCUT2D eigenvalue weighted by Gasteiger charge is 2.36. The van der Waals surface area contributed by atoms with Gasteiger partial charge in [-0.1, -0.05) is 59.7 Å². The Morgan fingerprint density at radius 3 is 2.52 bits per heavy atom. The van der Waals surface area contributed by atoms with Crippen molar-refractivity contribution in [3.63, 3.8) is 0 Å². The smallest absolute Gasteiger partial charge is 0.0856 e. The summed E-state index contributed by atoms with van der Waals surface area (Å²) in [6.07, 6.45) is 7.70. The van der Waals surface area contributed by atoms with Crippen LogP contribution in [0.1, 0.15) is 38.3 Å². The summed E-state index contributed by atoms with van der Waals surface area (Å²) in [6.45, 7) is 12.4. The standard InChI is InChI=1S/C24H27ClN2/c1-17-10-13-19(14-11-17)27(23-9-7-6-8-22(23)26-5)24(3,4)20-15-12-18(2)16-21(20)25/h6-13,15-16,19H,5,14H2,1-4H3. The van der Waals surface area contributed by atoms with Crippen molar-refractivity contribution in [1.29, 1.82) is 0 Å². The first-order chi connectivity index (χ1) is 12.8. The highest BCUT2D eigenvalue weighted by molar-refractivity contribution is 6.31. The van der Waals surface area contributed by atoms with Gasteiger partial charge < -0.3 is 4.90 Å². The fourth-order valence-electron chi connectivity index (χ4n) is 3.85. The summed E-state index contributed by atoms with van der Waals surface area (Å²) in [7, 11) is 0. The summed E-state index contributed by atoms with van der Waals surface area (Å²) >= 11 is 6.69. The van der Waals surface area contributed by atoms with Gasteiger partial charge in [0.25, 0.3) is 0 Å². The third-order valence-electron chi connectivity index (χ3n) is 5.29. The van der Waals surface area contributed by atoms with Crippen LogP contribution in [0, 0.1) is 6.92 Å². The minimum absolute atomic E-state index is 0.212. The zero-order valence-electron chi connectivity index (χ0n) is 16.5. The van der Waals surface area contributed by atoms with Crippen LogP contribution in [-0.4, -0.2) is 12.8 Å². The second kappa shape index (κ2) is 7.74. The van der Waals surface area contributed by atoms with E-state index in [-0.39, 0.29) is 11.6 Å². The number of rotatable bonds is 5. The van der Waals surface area contributed by atoms with E-state index < -0.39 is 0 Å². The van der Waals surface area contributed by atoms with Gasteiger partial charge in [-0.15, -0.1) is 0 Å². The van der Waals surface area contributed by atoms with Crippen molar-refractivity contribution in [2.45, 2.75) is 45.7 Å². The van der Waals surface area contributed by atoms with E-state index in [1.54, 1.807) is 0 Å². The number of anilines is 1. The molecule has 1 aliphatic carbocycles. The van der Waals surface area contributed by atoms with Crippen molar-refractivity contribution in [3.8, 4) is 0 Å². The maximum atomic E-state index is 6.69. The number of para-hydroxylation sites is 2. The normalized spacial score (nSPS) is 16.8. The molecule has 0 fully saturated rings. The number of hydrogen-bond donors (Lipinski definition) is 0. The number of benzene rings is 2. The molecule has 2 aromatic carbocycles. The first-order valence-corrected chi connectivity index (χ1v) is 9.69. The van der Waals surface area contributed by atoms with Gasteiger partial charge in [-0.25, -0.2) is 0 Å². The van der Waals surface area contributed by atoms with Gasteiger partial charge in [0.15, 0.2) is 0 Å². The maximum absolute atomic E-state index is 6.69. The predicted octanol–water partition coefficient (Wildman–Crippen LogP) is 7.00. The summed E-state index contributed by atoms with van der Waals surface area (Å²) in [4.78, 5) is 6.70. The molecule has 0 saturated carbocycles. The number of nitrogens with zero attached hydrogens (tertiary/aromatic N) is 2. The van der Waals surface area contributed by atoms with E-state index in [1.807, 2.05) is 18.2 Å². The molecule has 0 radical (unpaired) electrons. The fraction of sp³-hybridized carbons (Fsp3) is 0.292. The van der Waals surface area contributed by atoms with Crippen molar-refractivity contribution in [3.05, 3.63) is 82.4 Å². The topological polar surface area (TPSA) is 15.6 Å². The molecule has 0 heterocycles. The Kier molecular flexibility index (Phi) is 5.57. The Hall–Kier alpha value is -2.32. The zero-order valence-corrected chi connectivity index (χ0v) is 17.3. The largest absolute Gasteiger partial charge is 0.354 e. The molecule has 3 heteroatoms. The second-order valence-electron chi connectivity index (χ2n) is 7.67. The lowest BCUT2D eigenvalue weighted by Gasteiger charge is -2.46. The van der Waals surface area contributed by atoms with Crippen LogP contribution in [-0.2, 0) is 5.54 Å². The molecular formula is C24H27ClN2. The monoisotopic (exact) mass is 378 g/mol. The van der Waals surface area contributed by atoms with E-state index >= 15 is 0 Å². The lowest BCUT2D eigenvalue weighted by molar-refractivity contribution is 0.448. The molecular weight excluding hydrogens is 352 g/mol. The molecule has 0 aromatic heterocycles. The third kappa shape index (κ3) is 3.86. The lowest BCUT2D eigenvalue weighted by atomic mass is 9.87. The van der Waals surface area contributed by atoms with E-state index in [4.69, 9.17) is 11.6 Å². The number of aliphatic imine (C=N–C) groups is 1. The molecule has 0 aliphatic heterocycles. The van der Waals surface area contributed by atoms with E-state index in [1.165, 1.54) is 5.57 Å². The lowest BCUT2D eigenvalue weighted by Crippen LogP contribution is -2.48. The van der Waals surface area contributed by atoms with Crippen molar-refractivity contribution in [1.82, 2.24) is 0 Å². The Morgan fingerprint density at radius 1 is 1.15 bits per heavy atom. The van der Waals surface area contributed by atoms with Gasteiger partial charge in [0.1, 0.15) is 0 Å². The molecule has 140 valence electrons. The highest BCUT2D eigenvalue weighted by Crippen LogP contribution is 2.43. The van der Waals surface area contributed by atoms with Crippen LogP contribution in [0.2, 0.25) is 5.02 Å². The summed E-state index contributed by atoms with van der Waals surface area (Å²) in [6, 6.07) is 14.7. The Bertz CT molecular complexity index is 908. The fourth-order valence-corrected chi connectivity index (χ4v) is 4.32. The molecule has 0 saturated heterocycles. The quantitative estimate of drug-likeness (QED) is 0.511. The van der Waals surface area contributed by atoms with E-state index in [0.29, 0.717) is 0 Å². The van der Waals surface area contributed by atoms with Crippen molar-refractivity contribution < 1.29 is 0 Å². The summed E-state index contributed by atoms with van der Waals surface area (Å²) in [5, 5.41) is 0.792. The third-order valence-corrected chi connectivity index (χ3v) is 5.60. The van der Waals surface area contributed by atoms with Gasteiger partial charge in [0, 0.05) is 5.02 Å². The van der Waals surface area contributed by atoms with Crippen molar-refractivity contribution in [2.75, 3.05) is 4.90 Å². The second-order valence-corrected chi connectivity index (χ2v) is 8.08. The number of hydrogen-bond acceptors (Lipinski definition) is 2. The first kappa shape index (κ1) is 19.4. The molecule has 3 rings (SSSR count). The molecule has 2 aromatic rings. The average molecular weight is 379 g/mol. The molecule has 2 nitrogen and oxygen atoms in total. The van der Waals surface area contributed by atoms with Crippen LogP contribution in [0.4, 0.5) is 11.4 Å². The molecule has 0 spiro atoms.